The summed E-state index contributed by atoms with van der Waals surface area (Å²) in [5.74, 6) is 0.735. The molecule has 1 fully saturated rings. The fraction of sp³-hybridized carbons (Fsp3) is 0.818. The molecule has 0 unspecified atom stereocenters. The number of rotatable bonds is 7. The van der Waals surface area contributed by atoms with Crippen LogP contribution in [0.1, 0.15) is 45.4 Å². The predicted octanol–water partition coefficient (Wildman–Crippen LogP) is 2.09. The monoisotopic (exact) mass is 198 g/mol. The van der Waals surface area contributed by atoms with Gasteiger partial charge in [-0.1, -0.05) is 12.8 Å². The van der Waals surface area contributed by atoms with Gasteiger partial charge in [0, 0.05) is 12.8 Å². The van der Waals surface area contributed by atoms with Crippen LogP contribution in [0.25, 0.3) is 0 Å². The molecule has 1 aliphatic rings. The Kier molecular flexibility index (Phi) is 4.63. The fourth-order valence-corrected chi connectivity index (χ4v) is 1.37. The van der Waals surface area contributed by atoms with Gasteiger partial charge < -0.3 is 4.74 Å². The van der Waals surface area contributed by atoms with Gasteiger partial charge in [0.05, 0.1) is 13.0 Å². The van der Waals surface area contributed by atoms with Crippen LogP contribution in [0, 0.1) is 5.92 Å². The van der Waals surface area contributed by atoms with E-state index in [1.807, 2.05) is 0 Å². The van der Waals surface area contributed by atoms with Crippen molar-refractivity contribution in [2.75, 3.05) is 6.61 Å². The molecule has 1 rings (SSSR count). The van der Waals surface area contributed by atoms with Crippen molar-refractivity contribution in [1.82, 2.24) is 0 Å². The molecule has 1 saturated carbocycles. The number of hydrogen-bond donors (Lipinski definition) is 0. The van der Waals surface area contributed by atoms with Gasteiger partial charge in [0.2, 0.25) is 0 Å². The summed E-state index contributed by atoms with van der Waals surface area (Å²) in [5.41, 5.74) is 0. The Bertz CT molecular complexity index is 207. The van der Waals surface area contributed by atoms with E-state index in [4.69, 9.17) is 4.74 Å². The van der Waals surface area contributed by atoms with E-state index in [9.17, 15) is 9.59 Å². The molecule has 14 heavy (non-hydrogen) atoms. The largest absolute Gasteiger partial charge is 0.466 e. The number of hydrogen-bond acceptors (Lipinski definition) is 3. The first-order valence-electron chi connectivity index (χ1n) is 5.39. The Hall–Kier alpha value is -0.860. The number of carbonyl (C=O) groups excluding carboxylic acids is 2. The third-order valence-corrected chi connectivity index (χ3v) is 2.44. The molecule has 0 N–H and O–H groups in total. The second-order valence-electron chi connectivity index (χ2n) is 3.83. The second kappa shape index (κ2) is 5.78. The first-order chi connectivity index (χ1) is 6.72. The highest BCUT2D eigenvalue weighted by Crippen LogP contribution is 2.33. The standard InChI is InChI=1S/C11H18O3/c1-2-14-11(13)8-7-10(12)6-5-9-3-4-9/h9H,2-8H2,1H3. The van der Waals surface area contributed by atoms with Crippen molar-refractivity contribution in [3.63, 3.8) is 0 Å². The normalized spacial score (nSPS) is 15.2. The molecule has 0 heterocycles. The van der Waals surface area contributed by atoms with E-state index in [1.165, 1.54) is 12.8 Å². The summed E-state index contributed by atoms with van der Waals surface area (Å²) >= 11 is 0. The van der Waals surface area contributed by atoms with Crippen LogP contribution < -0.4 is 0 Å². The topological polar surface area (TPSA) is 43.4 Å². The number of Topliss-reactive ketones (excluding diaryl/α,β-unsaturated/α-hetero) is 1. The minimum Gasteiger partial charge on any atom is -0.466 e. The smallest absolute Gasteiger partial charge is 0.306 e. The van der Waals surface area contributed by atoms with Gasteiger partial charge in [0.15, 0.2) is 0 Å². The summed E-state index contributed by atoms with van der Waals surface area (Å²) in [4.78, 5) is 22.2. The molecule has 0 aromatic heterocycles. The van der Waals surface area contributed by atoms with Crippen molar-refractivity contribution in [2.24, 2.45) is 5.92 Å². The molecule has 0 spiro atoms. The summed E-state index contributed by atoms with van der Waals surface area (Å²) in [6, 6.07) is 0. The molecule has 3 heteroatoms. The zero-order chi connectivity index (χ0) is 10.4. The summed E-state index contributed by atoms with van der Waals surface area (Å²) in [6.45, 7) is 2.17. The Morgan fingerprint density at radius 2 is 1.93 bits per heavy atom. The Morgan fingerprint density at radius 3 is 2.50 bits per heavy atom. The lowest BCUT2D eigenvalue weighted by molar-refractivity contribution is -0.144. The molecular formula is C11H18O3. The molecule has 3 nitrogen and oxygen atoms in total. The Morgan fingerprint density at radius 1 is 1.21 bits per heavy atom. The molecule has 0 radical (unpaired) electrons. The van der Waals surface area contributed by atoms with Gasteiger partial charge in [-0.15, -0.1) is 0 Å². The van der Waals surface area contributed by atoms with E-state index in [-0.39, 0.29) is 18.2 Å². The average Bonchev–Trinajstić information content (AvgIpc) is 2.95. The SMILES string of the molecule is CCOC(=O)CCC(=O)CCC1CC1. The molecule has 0 atom stereocenters. The van der Waals surface area contributed by atoms with Crippen molar-refractivity contribution in [3.8, 4) is 0 Å². The maximum absolute atomic E-state index is 11.3. The summed E-state index contributed by atoms with van der Waals surface area (Å²) in [6.07, 6.45) is 4.82. The number of carbonyl (C=O) groups is 2. The van der Waals surface area contributed by atoms with Crippen LogP contribution in [-0.2, 0) is 14.3 Å². The maximum Gasteiger partial charge on any atom is 0.306 e. The van der Waals surface area contributed by atoms with E-state index in [0.29, 0.717) is 19.4 Å². The summed E-state index contributed by atoms with van der Waals surface area (Å²) < 4.78 is 4.74. The number of esters is 1. The van der Waals surface area contributed by atoms with Gasteiger partial charge in [-0.3, -0.25) is 9.59 Å². The maximum atomic E-state index is 11.3. The van der Waals surface area contributed by atoms with Gasteiger partial charge in [-0.25, -0.2) is 0 Å². The average molecular weight is 198 g/mol. The van der Waals surface area contributed by atoms with Gasteiger partial charge in [0.25, 0.3) is 0 Å². The van der Waals surface area contributed by atoms with Crippen LogP contribution in [0.4, 0.5) is 0 Å². The summed E-state index contributed by atoms with van der Waals surface area (Å²) in [5, 5.41) is 0. The van der Waals surface area contributed by atoms with Gasteiger partial charge in [-0.2, -0.15) is 0 Å². The van der Waals surface area contributed by atoms with Crippen LogP contribution in [0.15, 0.2) is 0 Å². The zero-order valence-corrected chi connectivity index (χ0v) is 8.75. The molecule has 0 aliphatic heterocycles. The first-order valence-corrected chi connectivity index (χ1v) is 5.39. The molecule has 1 aliphatic carbocycles. The van der Waals surface area contributed by atoms with Gasteiger partial charge in [-0.05, 0) is 19.3 Å². The molecular weight excluding hydrogens is 180 g/mol. The van der Waals surface area contributed by atoms with Gasteiger partial charge in [0.1, 0.15) is 5.78 Å². The third-order valence-electron chi connectivity index (χ3n) is 2.44. The molecule has 80 valence electrons. The highest BCUT2D eigenvalue weighted by Gasteiger charge is 2.21. The van der Waals surface area contributed by atoms with Crippen LogP contribution in [0.5, 0.6) is 0 Å². The lowest BCUT2D eigenvalue weighted by Crippen LogP contribution is -2.07. The minimum absolute atomic E-state index is 0.199. The molecule has 0 saturated heterocycles. The molecule has 0 aromatic rings. The quantitative estimate of drug-likeness (QED) is 0.588. The highest BCUT2D eigenvalue weighted by atomic mass is 16.5. The van der Waals surface area contributed by atoms with E-state index in [1.54, 1.807) is 6.92 Å². The lowest BCUT2D eigenvalue weighted by atomic mass is 10.1. The molecule has 0 bridgehead atoms. The van der Waals surface area contributed by atoms with Crippen molar-refractivity contribution in [2.45, 2.75) is 45.4 Å². The van der Waals surface area contributed by atoms with Crippen LogP contribution in [-0.4, -0.2) is 18.4 Å². The van der Waals surface area contributed by atoms with E-state index >= 15 is 0 Å². The second-order valence-corrected chi connectivity index (χ2v) is 3.83. The predicted molar refractivity (Wildman–Crippen MR) is 52.8 cm³/mol. The third kappa shape index (κ3) is 5.00. The van der Waals surface area contributed by atoms with E-state index < -0.39 is 0 Å². The van der Waals surface area contributed by atoms with E-state index in [2.05, 4.69) is 0 Å². The van der Waals surface area contributed by atoms with Gasteiger partial charge >= 0.3 is 5.97 Å². The molecule has 0 aromatic carbocycles. The summed E-state index contributed by atoms with van der Waals surface area (Å²) in [7, 11) is 0. The zero-order valence-electron chi connectivity index (χ0n) is 8.75. The van der Waals surface area contributed by atoms with E-state index in [0.717, 1.165) is 12.3 Å². The fourth-order valence-electron chi connectivity index (χ4n) is 1.37. The van der Waals surface area contributed by atoms with Crippen molar-refractivity contribution >= 4 is 11.8 Å². The Balaban J connectivity index is 1.98. The van der Waals surface area contributed by atoms with Crippen molar-refractivity contribution in [3.05, 3.63) is 0 Å². The molecule has 0 amide bonds. The van der Waals surface area contributed by atoms with Crippen molar-refractivity contribution < 1.29 is 14.3 Å². The number of ether oxygens (including phenoxy) is 1. The van der Waals surface area contributed by atoms with Crippen LogP contribution >= 0.6 is 0 Å². The Labute approximate surface area is 84.8 Å². The lowest BCUT2D eigenvalue weighted by Gasteiger charge is -2.01. The van der Waals surface area contributed by atoms with Crippen molar-refractivity contribution in [1.29, 1.82) is 0 Å². The minimum atomic E-state index is -0.257. The van der Waals surface area contributed by atoms with Crippen LogP contribution in [0.3, 0.4) is 0 Å². The van der Waals surface area contributed by atoms with Crippen LogP contribution in [0.2, 0.25) is 0 Å². The first kappa shape index (κ1) is 11.2. The number of ketones is 1. The highest BCUT2D eigenvalue weighted by molar-refractivity contribution is 5.82.